The molecule has 1 aliphatic rings. The number of hydrogen-bond acceptors (Lipinski definition) is 6. The highest BCUT2D eigenvalue weighted by atomic mass is 19.4. The van der Waals surface area contributed by atoms with Gasteiger partial charge in [-0.15, -0.1) is 0 Å². The second kappa shape index (κ2) is 12.7. The molecule has 238 valence electrons. The van der Waals surface area contributed by atoms with Gasteiger partial charge in [-0.1, -0.05) is 73.5 Å². The molecule has 1 saturated heterocycles. The van der Waals surface area contributed by atoms with Crippen LogP contribution in [0.25, 0.3) is 0 Å². The van der Waals surface area contributed by atoms with E-state index in [1.807, 2.05) is 0 Å². The molecule has 0 spiro atoms. The zero-order chi connectivity index (χ0) is 32.4. The van der Waals surface area contributed by atoms with Crippen LogP contribution in [0.15, 0.2) is 88.5 Å². The summed E-state index contributed by atoms with van der Waals surface area (Å²) in [6.07, 6.45) is -6.34. The summed E-state index contributed by atoms with van der Waals surface area (Å²) in [5.74, 6) is 0. The molecule has 0 radical (unpaired) electrons. The summed E-state index contributed by atoms with van der Waals surface area (Å²) in [4.78, 5) is 27.8. The fourth-order valence-corrected chi connectivity index (χ4v) is 5.81. The van der Waals surface area contributed by atoms with Crippen molar-refractivity contribution in [2.75, 3.05) is 30.3 Å². The van der Waals surface area contributed by atoms with E-state index in [0.717, 1.165) is 25.7 Å². The number of alkyl halides is 6. The summed E-state index contributed by atoms with van der Waals surface area (Å²) in [5, 5.41) is 17.9. The number of anilines is 3. The molecular formula is C33H31F6N3O3. The Hall–Kier alpha value is -4.16. The monoisotopic (exact) mass is 631 g/mol. The highest BCUT2D eigenvalue weighted by molar-refractivity contribution is 5.79. The molecule has 0 amide bonds. The van der Waals surface area contributed by atoms with Crippen LogP contribution >= 0.6 is 0 Å². The highest BCUT2D eigenvalue weighted by Gasteiger charge is 2.43. The van der Waals surface area contributed by atoms with E-state index in [4.69, 9.17) is 0 Å². The lowest BCUT2D eigenvalue weighted by molar-refractivity contribution is -0.143. The first-order chi connectivity index (χ1) is 21.3. The minimum absolute atomic E-state index is 0.0243. The summed E-state index contributed by atoms with van der Waals surface area (Å²) < 4.78 is 80.9. The van der Waals surface area contributed by atoms with Gasteiger partial charge < -0.3 is 20.6 Å². The maximum Gasteiger partial charge on any atom is 0.416 e. The molecule has 4 aromatic carbocycles. The third-order valence-electron chi connectivity index (χ3n) is 8.16. The van der Waals surface area contributed by atoms with Crippen LogP contribution in [0.3, 0.4) is 0 Å². The number of halogens is 6. The van der Waals surface area contributed by atoms with Crippen molar-refractivity contribution in [1.29, 1.82) is 0 Å². The molecule has 0 saturated carbocycles. The van der Waals surface area contributed by atoms with Gasteiger partial charge in [0.05, 0.1) is 17.2 Å². The number of likely N-dealkylation sites (tertiary alicyclic amines) is 1. The Balaban J connectivity index is 1.58. The Morgan fingerprint density at radius 3 is 1.60 bits per heavy atom. The Morgan fingerprint density at radius 1 is 0.667 bits per heavy atom. The van der Waals surface area contributed by atoms with Gasteiger partial charge >= 0.3 is 12.4 Å². The number of benzene rings is 3. The number of rotatable bonds is 9. The van der Waals surface area contributed by atoms with Crippen LogP contribution in [0.5, 0.6) is 0 Å². The van der Waals surface area contributed by atoms with E-state index in [2.05, 4.69) is 15.5 Å². The van der Waals surface area contributed by atoms with Gasteiger partial charge in [0, 0.05) is 12.2 Å². The van der Waals surface area contributed by atoms with E-state index in [9.17, 15) is 41.0 Å². The SMILES string of the molecule is O=c1c(Nc2cc(C(F)(F)F)cc(C(F)(F)F)c2)c(N[C@@H](CN2CCCCCC2)C(O)(c2ccccc2)c2ccccc2)c1=O. The van der Waals surface area contributed by atoms with Crippen molar-refractivity contribution >= 4 is 17.1 Å². The Kier molecular flexibility index (Phi) is 9.09. The predicted molar refractivity (Wildman–Crippen MR) is 159 cm³/mol. The van der Waals surface area contributed by atoms with Crippen LogP contribution in [0.1, 0.15) is 47.9 Å². The van der Waals surface area contributed by atoms with Crippen molar-refractivity contribution in [1.82, 2.24) is 4.90 Å². The molecule has 1 atom stereocenters. The van der Waals surface area contributed by atoms with Crippen LogP contribution in [0, 0.1) is 0 Å². The Labute approximate surface area is 255 Å². The van der Waals surface area contributed by atoms with Gasteiger partial charge in [0.15, 0.2) is 0 Å². The van der Waals surface area contributed by atoms with Gasteiger partial charge in [0.1, 0.15) is 17.0 Å². The van der Waals surface area contributed by atoms with Crippen LogP contribution in [-0.4, -0.2) is 35.7 Å². The van der Waals surface area contributed by atoms with Crippen LogP contribution in [-0.2, 0) is 18.0 Å². The molecule has 0 bridgehead atoms. The largest absolute Gasteiger partial charge is 0.416 e. The molecular weight excluding hydrogens is 600 g/mol. The smallest absolute Gasteiger partial charge is 0.378 e. The normalized spacial score (nSPS) is 15.9. The first-order valence-corrected chi connectivity index (χ1v) is 14.5. The van der Waals surface area contributed by atoms with E-state index in [1.165, 1.54) is 0 Å². The van der Waals surface area contributed by atoms with E-state index in [-0.39, 0.29) is 18.3 Å². The number of nitrogens with zero attached hydrogens (tertiary/aromatic N) is 1. The zero-order valence-corrected chi connectivity index (χ0v) is 24.0. The van der Waals surface area contributed by atoms with E-state index in [0.29, 0.717) is 36.3 Å². The van der Waals surface area contributed by atoms with Gasteiger partial charge in [0.2, 0.25) is 0 Å². The lowest BCUT2D eigenvalue weighted by Gasteiger charge is -2.41. The molecule has 0 aromatic heterocycles. The van der Waals surface area contributed by atoms with Crippen molar-refractivity contribution in [3.05, 3.63) is 122 Å². The van der Waals surface area contributed by atoms with Crippen LogP contribution in [0.4, 0.5) is 43.4 Å². The summed E-state index contributed by atoms with van der Waals surface area (Å²) in [5.41, 5.74) is -7.58. The topological polar surface area (TPSA) is 81.7 Å². The van der Waals surface area contributed by atoms with E-state index >= 15 is 0 Å². The van der Waals surface area contributed by atoms with Crippen molar-refractivity contribution in [3.8, 4) is 0 Å². The first kappa shape index (κ1) is 32.2. The molecule has 1 aliphatic heterocycles. The maximum absolute atomic E-state index is 13.5. The van der Waals surface area contributed by atoms with Crippen molar-refractivity contribution in [3.63, 3.8) is 0 Å². The van der Waals surface area contributed by atoms with E-state index < -0.39 is 57.4 Å². The maximum atomic E-state index is 13.5. The van der Waals surface area contributed by atoms with Gasteiger partial charge in [-0.05, 0) is 55.3 Å². The molecule has 3 N–H and O–H groups in total. The average Bonchev–Trinajstić information content (AvgIpc) is 3.30. The molecule has 12 heteroatoms. The molecule has 5 rings (SSSR count). The lowest BCUT2D eigenvalue weighted by Crippen LogP contribution is -2.54. The summed E-state index contributed by atoms with van der Waals surface area (Å²) in [6.45, 7) is 1.62. The average molecular weight is 632 g/mol. The van der Waals surface area contributed by atoms with Gasteiger partial charge in [-0.25, -0.2) is 0 Å². The third-order valence-corrected chi connectivity index (χ3v) is 8.16. The third kappa shape index (κ3) is 6.91. The minimum atomic E-state index is -5.10. The summed E-state index contributed by atoms with van der Waals surface area (Å²) in [7, 11) is 0. The zero-order valence-electron chi connectivity index (χ0n) is 24.0. The second-order valence-electron chi connectivity index (χ2n) is 11.2. The number of hydrogen-bond donors (Lipinski definition) is 3. The molecule has 4 aromatic rings. The number of aliphatic hydroxyl groups is 1. The molecule has 0 unspecified atom stereocenters. The number of nitrogens with one attached hydrogen (secondary N) is 2. The summed E-state index contributed by atoms with van der Waals surface area (Å²) in [6, 6.07) is 17.2. The lowest BCUT2D eigenvalue weighted by atomic mass is 9.79. The standard InChI is InChI=1S/C33H31F6N3O3/c34-32(35,36)23-17-24(33(37,38)39)19-25(18-23)40-27-28(30(44)29(27)43)41-26(20-42-15-9-1-2-10-16-42)31(45,21-11-5-3-6-12-21)22-13-7-4-8-14-22/h3-8,11-14,17-19,26,40-41,45H,1-2,9-10,15-16,20H2/t26-/m0/s1. The van der Waals surface area contributed by atoms with Crippen molar-refractivity contribution < 1.29 is 31.4 Å². The van der Waals surface area contributed by atoms with Crippen molar-refractivity contribution in [2.45, 2.75) is 49.7 Å². The van der Waals surface area contributed by atoms with Gasteiger partial charge in [0.25, 0.3) is 10.9 Å². The van der Waals surface area contributed by atoms with Crippen LogP contribution < -0.4 is 21.5 Å². The predicted octanol–water partition coefficient (Wildman–Crippen LogP) is 6.66. The van der Waals surface area contributed by atoms with Crippen LogP contribution in [0.2, 0.25) is 0 Å². The molecule has 0 aliphatic carbocycles. The quantitative estimate of drug-likeness (QED) is 0.142. The van der Waals surface area contributed by atoms with E-state index in [1.54, 1.807) is 60.7 Å². The molecule has 45 heavy (non-hydrogen) atoms. The second-order valence-corrected chi connectivity index (χ2v) is 11.2. The molecule has 6 nitrogen and oxygen atoms in total. The van der Waals surface area contributed by atoms with Gasteiger partial charge in [-0.2, -0.15) is 26.3 Å². The Morgan fingerprint density at radius 2 is 1.13 bits per heavy atom. The fraction of sp³-hybridized carbons (Fsp3) is 0.333. The minimum Gasteiger partial charge on any atom is -0.378 e. The van der Waals surface area contributed by atoms with Gasteiger partial charge in [-0.3, -0.25) is 9.59 Å². The first-order valence-electron chi connectivity index (χ1n) is 14.5. The summed E-state index contributed by atoms with van der Waals surface area (Å²) >= 11 is 0. The molecule has 1 fully saturated rings. The van der Waals surface area contributed by atoms with Crippen molar-refractivity contribution in [2.24, 2.45) is 0 Å². The Bertz CT molecular complexity index is 1600. The highest BCUT2D eigenvalue weighted by Crippen LogP contribution is 2.40. The molecule has 1 heterocycles. The fourth-order valence-electron chi connectivity index (χ4n) is 5.81.